The van der Waals surface area contributed by atoms with Gasteiger partial charge >= 0.3 is 0 Å². The molecule has 10 heteroatoms. The van der Waals surface area contributed by atoms with Crippen LogP contribution in [0.4, 0.5) is 11.4 Å². The van der Waals surface area contributed by atoms with Gasteiger partial charge in [0, 0.05) is 17.2 Å². The van der Waals surface area contributed by atoms with E-state index >= 15 is 0 Å². The van der Waals surface area contributed by atoms with Gasteiger partial charge in [0.1, 0.15) is 17.5 Å². The Balaban J connectivity index is 2.40. The van der Waals surface area contributed by atoms with Gasteiger partial charge in [-0.15, -0.1) is 0 Å². The third-order valence-corrected chi connectivity index (χ3v) is 3.93. The molecule has 3 N–H and O–H groups in total. The minimum Gasteiger partial charge on any atom is -0.454 e. The topological polar surface area (TPSA) is 107 Å². The summed E-state index contributed by atoms with van der Waals surface area (Å²) >= 11 is 17.9. The summed E-state index contributed by atoms with van der Waals surface area (Å²) in [6, 6.07) is 6.02. The van der Waals surface area contributed by atoms with E-state index in [9.17, 15) is 14.9 Å². The largest absolute Gasteiger partial charge is 0.454 e. The Morgan fingerprint density at radius 1 is 1.24 bits per heavy atom. The molecular formula is C15H12Cl3N3O4. The second-order valence-corrected chi connectivity index (χ2v) is 6.26. The molecule has 0 saturated heterocycles. The van der Waals surface area contributed by atoms with Crippen LogP contribution in [0, 0.1) is 10.1 Å². The second kappa shape index (κ2) is 7.77. The van der Waals surface area contributed by atoms with Crippen LogP contribution in [0.1, 0.15) is 6.92 Å². The Hall–Kier alpha value is -2.22. The average Bonchev–Trinajstić information content (AvgIpc) is 2.50. The lowest BCUT2D eigenvalue weighted by molar-refractivity contribution is -0.384. The van der Waals surface area contributed by atoms with Crippen LogP contribution < -0.4 is 15.8 Å². The summed E-state index contributed by atoms with van der Waals surface area (Å²) in [5.74, 6) is -0.296. The van der Waals surface area contributed by atoms with Crippen LogP contribution in [0.5, 0.6) is 11.5 Å². The van der Waals surface area contributed by atoms with E-state index in [1.807, 2.05) is 0 Å². The van der Waals surface area contributed by atoms with Crippen molar-refractivity contribution in [3.63, 3.8) is 0 Å². The summed E-state index contributed by atoms with van der Waals surface area (Å²) in [6.45, 7) is 1.48. The van der Waals surface area contributed by atoms with Crippen molar-refractivity contribution in [1.82, 2.24) is 0 Å². The van der Waals surface area contributed by atoms with E-state index in [1.54, 1.807) is 0 Å². The summed E-state index contributed by atoms with van der Waals surface area (Å²) < 4.78 is 5.61. The van der Waals surface area contributed by atoms with E-state index in [1.165, 1.54) is 37.3 Å². The number of carbonyl (C=O) groups excluding carboxylic acids is 1. The number of halogens is 3. The van der Waals surface area contributed by atoms with Crippen molar-refractivity contribution in [1.29, 1.82) is 0 Å². The van der Waals surface area contributed by atoms with Gasteiger partial charge < -0.3 is 15.8 Å². The van der Waals surface area contributed by atoms with Gasteiger partial charge in [0.25, 0.3) is 5.69 Å². The molecule has 2 rings (SSSR count). The predicted octanol–water partition coefficient (Wildman–Crippen LogP) is 4.63. The molecule has 0 aliphatic carbocycles. The number of hydrogen-bond donors (Lipinski definition) is 2. The fourth-order valence-corrected chi connectivity index (χ4v) is 2.80. The van der Waals surface area contributed by atoms with Crippen molar-refractivity contribution in [3.8, 4) is 11.5 Å². The van der Waals surface area contributed by atoms with Crippen molar-refractivity contribution < 1.29 is 14.5 Å². The summed E-state index contributed by atoms with van der Waals surface area (Å²) in [6.07, 6.45) is 0. The van der Waals surface area contributed by atoms with Crippen LogP contribution in [0.2, 0.25) is 15.1 Å². The molecule has 2 aromatic carbocycles. The zero-order chi connectivity index (χ0) is 18.7. The molecule has 0 radical (unpaired) electrons. The first-order valence-electron chi connectivity index (χ1n) is 6.85. The number of nitrogens with two attached hydrogens (primary N) is 1. The SMILES string of the molecule is CC(Nc1cc(Oc2c(Cl)cc(Cl)cc2Cl)ccc1[N+](=O)[O-])C(N)=O. The molecule has 0 saturated carbocycles. The molecule has 1 amide bonds. The highest BCUT2D eigenvalue weighted by atomic mass is 35.5. The van der Waals surface area contributed by atoms with Crippen LogP contribution in [-0.4, -0.2) is 16.9 Å². The number of primary amides is 1. The molecule has 0 aromatic heterocycles. The van der Waals surface area contributed by atoms with Gasteiger partial charge in [0.2, 0.25) is 5.91 Å². The van der Waals surface area contributed by atoms with Gasteiger partial charge in [-0.05, 0) is 25.1 Å². The lowest BCUT2D eigenvalue weighted by Crippen LogP contribution is -2.32. The highest BCUT2D eigenvalue weighted by Gasteiger charge is 2.19. The quantitative estimate of drug-likeness (QED) is 0.539. The lowest BCUT2D eigenvalue weighted by Gasteiger charge is -2.14. The minimum absolute atomic E-state index is 0.0648. The molecule has 0 aliphatic heterocycles. The van der Waals surface area contributed by atoms with Gasteiger partial charge in [-0.2, -0.15) is 0 Å². The summed E-state index contributed by atoms with van der Waals surface area (Å²) in [4.78, 5) is 21.7. The smallest absolute Gasteiger partial charge is 0.292 e. The van der Waals surface area contributed by atoms with Crippen molar-refractivity contribution in [3.05, 3.63) is 55.5 Å². The summed E-state index contributed by atoms with van der Waals surface area (Å²) in [7, 11) is 0. The molecule has 0 spiro atoms. The Kier molecular flexibility index (Phi) is 5.94. The number of carbonyl (C=O) groups is 1. The molecule has 25 heavy (non-hydrogen) atoms. The zero-order valence-corrected chi connectivity index (χ0v) is 15.0. The molecule has 0 heterocycles. The summed E-state index contributed by atoms with van der Waals surface area (Å²) in [5, 5.41) is 14.5. The maximum Gasteiger partial charge on any atom is 0.292 e. The molecular weight excluding hydrogens is 393 g/mol. The molecule has 2 aromatic rings. The maximum atomic E-state index is 11.2. The molecule has 7 nitrogen and oxygen atoms in total. The number of nitrogens with zero attached hydrogens (tertiary/aromatic N) is 1. The normalized spacial score (nSPS) is 11.7. The first kappa shape index (κ1) is 19.1. The molecule has 0 aliphatic rings. The number of benzene rings is 2. The fourth-order valence-electron chi connectivity index (χ4n) is 1.90. The minimum atomic E-state index is -0.823. The van der Waals surface area contributed by atoms with Gasteiger partial charge in [0.05, 0.1) is 15.0 Å². The number of hydrogen-bond acceptors (Lipinski definition) is 5. The number of rotatable bonds is 6. The number of anilines is 1. The first-order chi connectivity index (χ1) is 11.7. The van der Waals surface area contributed by atoms with Gasteiger partial charge in [-0.1, -0.05) is 34.8 Å². The van der Waals surface area contributed by atoms with Gasteiger partial charge in [-0.25, -0.2) is 0 Å². The van der Waals surface area contributed by atoms with Crippen LogP contribution >= 0.6 is 34.8 Å². The van der Waals surface area contributed by atoms with Crippen LogP contribution in [-0.2, 0) is 4.79 Å². The average molecular weight is 405 g/mol. The first-order valence-corrected chi connectivity index (χ1v) is 7.99. The molecule has 0 fully saturated rings. The second-order valence-electron chi connectivity index (χ2n) is 5.01. The number of amides is 1. The number of nitrogens with one attached hydrogen (secondary N) is 1. The Labute approximate surface area is 157 Å². The van der Waals surface area contributed by atoms with Crippen molar-refractivity contribution >= 4 is 52.1 Å². The number of nitro benzene ring substituents is 1. The van der Waals surface area contributed by atoms with E-state index in [2.05, 4.69) is 5.32 Å². The van der Waals surface area contributed by atoms with Crippen LogP contribution in [0.3, 0.4) is 0 Å². The fraction of sp³-hybridized carbons (Fsp3) is 0.133. The van der Waals surface area contributed by atoms with Gasteiger partial charge in [0.15, 0.2) is 5.75 Å². The monoisotopic (exact) mass is 403 g/mol. The molecule has 0 bridgehead atoms. The van der Waals surface area contributed by atoms with E-state index in [4.69, 9.17) is 45.3 Å². The van der Waals surface area contributed by atoms with E-state index < -0.39 is 16.9 Å². The Bertz CT molecular complexity index is 822. The Morgan fingerprint density at radius 2 is 1.84 bits per heavy atom. The third kappa shape index (κ3) is 4.66. The maximum absolute atomic E-state index is 11.2. The van der Waals surface area contributed by atoms with E-state index in [-0.39, 0.29) is 32.9 Å². The summed E-state index contributed by atoms with van der Waals surface area (Å²) in [5.41, 5.74) is 5.00. The van der Waals surface area contributed by atoms with Crippen LogP contribution in [0.15, 0.2) is 30.3 Å². The van der Waals surface area contributed by atoms with Crippen LogP contribution in [0.25, 0.3) is 0 Å². The zero-order valence-electron chi connectivity index (χ0n) is 12.8. The molecule has 132 valence electrons. The van der Waals surface area contributed by atoms with E-state index in [0.29, 0.717) is 5.02 Å². The lowest BCUT2D eigenvalue weighted by atomic mass is 10.2. The van der Waals surface area contributed by atoms with E-state index in [0.717, 1.165) is 0 Å². The standard InChI is InChI=1S/C15H12Cl3N3O4/c1-7(15(19)22)20-12-6-9(2-3-13(12)21(23)24)25-14-10(17)4-8(16)5-11(14)18/h2-7,20H,1H3,(H2,19,22). The molecule has 1 unspecified atom stereocenters. The Morgan fingerprint density at radius 3 is 2.36 bits per heavy atom. The highest BCUT2D eigenvalue weighted by molar-refractivity contribution is 6.40. The number of nitro groups is 1. The highest BCUT2D eigenvalue weighted by Crippen LogP contribution is 2.40. The van der Waals surface area contributed by atoms with Gasteiger partial charge in [-0.3, -0.25) is 14.9 Å². The van der Waals surface area contributed by atoms with Crippen molar-refractivity contribution in [2.24, 2.45) is 5.73 Å². The number of ether oxygens (including phenoxy) is 1. The third-order valence-electron chi connectivity index (χ3n) is 3.15. The molecule has 1 atom stereocenters. The predicted molar refractivity (Wildman–Crippen MR) is 96.9 cm³/mol. The van der Waals surface area contributed by atoms with Crippen molar-refractivity contribution in [2.75, 3.05) is 5.32 Å². The van der Waals surface area contributed by atoms with Crippen molar-refractivity contribution in [2.45, 2.75) is 13.0 Å².